The highest BCUT2D eigenvalue weighted by molar-refractivity contribution is 7.88. The van der Waals surface area contributed by atoms with Crippen LogP contribution >= 0.6 is 0 Å². The maximum absolute atomic E-state index is 11.8. The first kappa shape index (κ1) is 16.4. The van der Waals surface area contributed by atoms with Gasteiger partial charge in [0.25, 0.3) is 0 Å². The van der Waals surface area contributed by atoms with Crippen LogP contribution in [-0.4, -0.2) is 38.0 Å². The quantitative estimate of drug-likeness (QED) is 0.780. The minimum Gasteiger partial charge on any atom is -0.326 e. The smallest absolute Gasteiger partial charge is 0.225 e. The number of rotatable bonds is 7. The van der Waals surface area contributed by atoms with Crippen LogP contribution in [0.4, 0.5) is 5.69 Å². The summed E-state index contributed by atoms with van der Waals surface area (Å²) in [6.07, 6.45) is 2.72. The number of anilines is 1. The number of benzene rings is 1. The lowest BCUT2D eigenvalue weighted by molar-refractivity contribution is -0.116. The van der Waals surface area contributed by atoms with E-state index in [0.717, 1.165) is 11.8 Å². The summed E-state index contributed by atoms with van der Waals surface area (Å²) >= 11 is 0. The maximum Gasteiger partial charge on any atom is 0.225 e. The van der Waals surface area contributed by atoms with Gasteiger partial charge in [0, 0.05) is 25.2 Å². The molecular weight excluding hydrogens is 276 g/mol. The number of amides is 1. The average molecular weight is 296 g/mol. The van der Waals surface area contributed by atoms with Crippen molar-refractivity contribution in [2.45, 2.75) is 13.3 Å². The molecule has 0 unspecified atom stereocenters. The Labute approximate surface area is 120 Å². The van der Waals surface area contributed by atoms with Crippen molar-refractivity contribution in [1.29, 1.82) is 0 Å². The highest BCUT2D eigenvalue weighted by atomic mass is 32.2. The van der Waals surface area contributed by atoms with Crippen molar-refractivity contribution in [2.24, 2.45) is 0 Å². The number of nitrogens with zero attached hydrogens (tertiary/aromatic N) is 1. The zero-order valence-electron chi connectivity index (χ0n) is 11.8. The summed E-state index contributed by atoms with van der Waals surface area (Å²) in [5.74, 6) is -0.216. The van der Waals surface area contributed by atoms with E-state index in [-0.39, 0.29) is 25.4 Å². The Bertz CT molecular complexity index is 565. The molecule has 0 atom stereocenters. The maximum atomic E-state index is 11.8. The summed E-state index contributed by atoms with van der Waals surface area (Å²) in [4.78, 5) is 11.8. The van der Waals surface area contributed by atoms with Crippen LogP contribution in [0.15, 0.2) is 36.9 Å². The van der Waals surface area contributed by atoms with Gasteiger partial charge in [0.05, 0.1) is 6.26 Å². The van der Waals surface area contributed by atoms with Gasteiger partial charge in [-0.15, -0.1) is 6.58 Å². The van der Waals surface area contributed by atoms with Crippen LogP contribution in [0.1, 0.15) is 12.0 Å². The van der Waals surface area contributed by atoms with Gasteiger partial charge in [0.2, 0.25) is 15.9 Å². The van der Waals surface area contributed by atoms with Crippen LogP contribution in [0.25, 0.3) is 0 Å². The van der Waals surface area contributed by atoms with Gasteiger partial charge in [0.1, 0.15) is 0 Å². The third-order valence-corrected chi connectivity index (χ3v) is 4.00. The molecule has 0 aliphatic rings. The third-order valence-electron chi connectivity index (χ3n) is 2.73. The molecule has 0 aliphatic carbocycles. The zero-order valence-corrected chi connectivity index (χ0v) is 12.6. The molecule has 20 heavy (non-hydrogen) atoms. The summed E-state index contributed by atoms with van der Waals surface area (Å²) in [6, 6.07) is 7.42. The standard InChI is InChI=1S/C14H20N2O3S/c1-4-10-16(20(3,18)19)11-9-14(17)15-13-7-5-12(2)6-8-13/h4-8H,1,9-11H2,2-3H3,(H,15,17). The van der Waals surface area contributed by atoms with Gasteiger partial charge in [-0.1, -0.05) is 23.8 Å². The molecule has 1 rings (SSSR count). The van der Waals surface area contributed by atoms with Crippen molar-refractivity contribution < 1.29 is 13.2 Å². The Morgan fingerprint density at radius 1 is 1.35 bits per heavy atom. The molecule has 1 amide bonds. The summed E-state index contributed by atoms with van der Waals surface area (Å²) in [6.45, 7) is 5.82. The number of sulfonamides is 1. The van der Waals surface area contributed by atoms with Crippen LogP contribution in [0.5, 0.6) is 0 Å². The topological polar surface area (TPSA) is 66.5 Å². The highest BCUT2D eigenvalue weighted by Gasteiger charge is 2.16. The molecule has 1 N–H and O–H groups in total. The van der Waals surface area contributed by atoms with E-state index in [4.69, 9.17) is 0 Å². The Morgan fingerprint density at radius 2 is 1.95 bits per heavy atom. The number of carbonyl (C=O) groups excluding carboxylic acids is 1. The second-order valence-corrected chi connectivity index (χ2v) is 6.56. The van der Waals surface area contributed by atoms with E-state index in [1.165, 1.54) is 10.4 Å². The van der Waals surface area contributed by atoms with E-state index in [9.17, 15) is 13.2 Å². The molecule has 0 saturated heterocycles. The molecule has 0 heterocycles. The van der Waals surface area contributed by atoms with Gasteiger partial charge in [-0.25, -0.2) is 8.42 Å². The summed E-state index contributed by atoms with van der Waals surface area (Å²) in [7, 11) is -3.32. The van der Waals surface area contributed by atoms with Gasteiger partial charge < -0.3 is 5.32 Å². The van der Waals surface area contributed by atoms with E-state index in [1.807, 2.05) is 31.2 Å². The number of hydrogen-bond acceptors (Lipinski definition) is 3. The molecule has 0 radical (unpaired) electrons. The summed E-state index contributed by atoms with van der Waals surface area (Å²) < 4.78 is 24.2. The Morgan fingerprint density at radius 3 is 2.45 bits per heavy atom. The molecule has 0 aliphatic heterocycles. The molecule has 0 aromatic heterocycles. The van der Waals surface area contributed by atoms with Crippen LogP contribution in [0.2, 0.25) is 0 Å². The molecule has 6 heteroatoms. The Balaban J connectivity index is 2.53. The molecule has 0 spiro atoms. The third kappa shape index (κ3) is 5.54. The van der Waals surface area contributed by atoms with E-state index < -0.39 is 10.0 Å². The summed E-state index contributed by atoms with van der Waals surface area (Å²) in [5.41, 5.74) is 1.81. The van der Waals surface area contributed by atoms with Gasteiger partial charge in [-0.05, 0) is 19.1 Å². The van der Waals surface area contributed by atoms with E-state index >= 15 is 0 Å². The van der Waals surface area contributed by atoms with Crippen LogP contribution < -0.4 is 5.32 Å². The lowest BCUT2D eigenvalue weighted by Crippen LogP contribution is -2.33. The van der Waals surface area contributed by atoms with Crippen molar-refractivity contribution in [3.05, 3.63) is 42.5 Å². The second kappa shape index (κ2) is 7.21. The summed E-state index contributed by atoms with van der Waals surface area (Å²) in [5, 5.41) is 2.73. The fraction of sp³-hybridized carbons (Fsp3) is 0.357. The second-order valence-electron chi connectivity index (χ2n) is 4.57. The first-order valence-electron chi connectivity index (χ1n) is 6.25. The van der Waals surface area contributed by atoms with Crippen molar-refractivity contribution in [1.82, 2.24) is 4.31 Å². The fourth-order valence-corrected chi connectivity index (χ4v) is 2.42. The molecule has 0 bridgehead atoms. The number of aryl methyl sites for hydroxylation is 1. The van der Waals surface area contributed by atoms with Gasteiger partial charge in [0.15, 0.2) is 0 Å². The van der Waals surface area contributed by atoms with Crippen molar-refractivity contribution in [3.8, 4) is 0 Å². The number of nitrogens with one attached hydrogen (secondary N) is 1. The van der Waals surface area contributed by atoms with Gasteiger partial charge in [-0.3, -0.25) is 4.79 Å². The predicted octanol–water partition coefficient (Wildman–Crippen LogP) is 1.77. The SMILES string of the molecule is C=CCN(CCC(=O)Nc1ccc(C)cc1)S(C)(=O)=O. The Hall–Kier alpha value is -1.66. The minimum atomic E-state index is -3.32. The first-order valence-corrected chi connectivity index (χ1v) is 8.10. The average Bonchev–Trinajstić information content (AvgIpc) is 2.36. The van der Waals surface area contributed by atoms with E-state index in [0.29, 0.717) is 5.69 Å². The molecule has 1 aromatic carbocycles. The fourth-order valence-electron chi connectivity index (χ4n) is 1.62. The lowest BCUT2D eigenvalue weighted by atomic mass is 10.2. The van der Waals surface area contributed by atoms with Crippen LogP contribution in [0, 0.1) is 6.92 Å². The van der Waals surface area contributed by atoms with Gasteiger partial charge >= 0.3 is 0 Å². The van der Waals surface area contributed by atoms with Gasteiger partial charge in [-0.2, -0.15) is 4.31 Å². The van der Waals surface area contributed by atoms with E-state index in [2.05, 4.69) is 11.9 Å². The van der Waals surface area contributed by atoms with Crippen molar-refractivity contribution in [3.63, 3.8) is 0 Å². The number of hydrogen-bond donors (Lipinski definition) is 1. The normalized spacial score (nSPS) is 11.3. The zero-order chi connectivity index (χ0) is 15.2. The molecule has 5 nitrogen and oxygen atoms in total. The first-order chi connectivity index (χ1) is 9.32. The van der Waals surface area contributed by atoms with Crippen molar-refractivity contribution in [2.75, 3.05) is 24.7 Å². The Kier molecular flexibility index (Phi) is 5.91. The predicted molar refractivity (Wildman–Crippen MR) is 81.0 cm³/mol. The highest BCUT2D eigenvalue weighted by Crippen LogP contribution is 2.09. The van der Waals surface area contributed by atoms with Crippen LogP contribution in [0.3, 0.4) is 0 Å². The molecule has 1 aromatic rings. The molecular formula is C14H20N2O3S. The monoisotopic (exact) mass is 296 g/mol. The molecule has 0 fully saturated rings. The van der Waals surface area contributed by atoms with E-state index in [1.54, 1.807) is 0 Å². The largest absolute Gasteiger partial charge is 0.326 e. The minimum absolute atomic E-state index is 0.106. The molecule has 0 saturated carbocycles. The van der Waals surface area contributed by atoms with Crippen molar-refractivity contribution >= 4 is 21.6 Å². The lowest BCUT2D eigenvalue weighted by Gasteiger charge is -2.17. The van der Waals surface area contributed by atoms with Crippen LogP contribution in [-0.2, 0) is 14.8 Å². The number of carbonyl (C=O) groups is 1. The molecule has 110 valence electrons.